The van der Waals surface area contributed by atoms with Gasteiger partial charge in [-0.25, -0.2) is 10.9 Å². The molecule has 0 bridgehead atoms. The Morgan fingerprint density at radius 3 is 2.71 bits per heavy atom. The second-order valence-corrected chi connectivity index (χ2v) is 3.77. The molecular formula is C11H17N3. The summed E-state index contributed by atoms with van der Waals surface area (Å²) in [7, 11) is 1.97. The summed E-state index contributed by atoms with van der Waals surface area (Å²) in [5.41, 5.74) is 9.26. The number of aryl methyl sites for hydroxylation is 1. The van der Waals surface area contributed by atoms with E-state index >= 15 is 0 Å². The van der Waals surface area contributed by atoms with Gasteiger partial charge >= 0.3 is 0 Å². The first-order valence-corrected chi connectivity index (χ1v) is 5.05. The summed E-state index contributed by atoms with van der Waals surface area (Å²) in [6, 6.07) is 8.94. The van der Waals surface area contributed by atoms with E-state index in [9.17, 15) is 0 Å². The minimum Gasteiger partial charge on any atom is -0.304 e. The van der Waals surface area contributed by atoms with Gasteiger partial charge in [0.25, 0.3) is 0 Å². The molecule has 0 aromatic heterocycles. The van der Waals surface area contributed by atoms with Gasteiger partial charge in [0.05, 0.1) is 6.17 Å². The molecule has 3 N–H and O–H groups in total. The Bertz CT molecular complexity index is 311. The molecule has 0 aliphatic carbocycles. The molecule has 1 aliphatic heterocycles. The standard InChI is InChI=1S/C11H17N3/c1-8-5-3-4-6-9(8)10-7-11(12-2)14-13-10/h3-6,10-14H,7H2,1-2H3. The summed E-state index contributed by atoms with van der Waals surface area (Å²) in [6.07, 6.45) is 1.46. The molecule has 3 nitrogen and oxygen atoms in total. The van der Waals surface area contributed by atoms with Crippen molar-refractivity contribution >= 4 is 0 Å². The third-order valence-electron chi connectivity index (χ3n) is 2.82. The maximum Gasteiger partial charge on any atom is 0.0720 e. The monoisotopic (exact) mass is 191 g/mol. The van der Waals surface area contributed by atoms with Crippen LogP contribution in [-0.2, 0) is 0 Å². The van der Waals surface area contributed by atoms with Crippen molar-refractivity contribution in [3.63, 3.8) is 0 Å². The molecule has 0 amide bonds. The molecule has 3 heteroatoms. The van der Waals surface area contributed by atoms with Crippen molar-refractivity contribution in [2.75, 3.05) is 7.05 Å². The second kappa shape index (κ2) is 4.09. The van der Waals surface area contributed by atoms with Crippen LogP contribution in [0.4, 0.5) is 0 Å². The van der Waals surface area contributed by atoms with Crippen molar-refractivity contribution in [3.05, 3.63) is 35.4 Å². The Morgan fingerprint density at radius 2 is 2.07 bits per heavy atom. The van der Waals surface area contributed by atoms with E-state index in [1.54, 1.807) is 0 Å². The Balaban J connectivity index is 2.13. The molecule has 1 aromatic rings. The molecular weight excluding hydrogens is 174 g/mol. The molecule has 1 saturated heterocycles. The van der Waals surface area contributed by atoms with E-state index in [0.29, 0.717) is 12.2 Å². The van der Waals surface area contributed by atoms with Crippen LogP contribution in [0.25, 0.3) is 0 Å². The zero-order chi connectivity index (χ0) is 9.97. The maximum absolute atomic E-state index is 3.30. The molecule has 76 valence electrons. The maximum atomic E-state index is 3.30. The van der Waals surface area contributed by atoms with Crippen molar-refractivity contribution in [1.29, 1.82) is 0 Å². The van der Waals surface area contributed by atoms with Gasteiger partial charge in [-0.1, -0.05) is 24.3 Å². The van der Waals surface area contributed by atoms with Gasteiger partial charge in [-0.15, -0.1) is 0 Å². The van der Waals surface area contributed by atoms with Gasteiger partial charge in [0.15, 0.2) is 0 Å². The van der Waals surface area contributed by atoms with E-state index in [4.69, 9.17) is 0 Å². The molecule has 0 spiro atoms. The smallest absolute Gasteiger partial charge is 0.0720 e. The van der Waals surface area contributed by atoms with Crippen LogP contribution in [0, 0.1) is 6.92 Å². The minimum atomic E-state index is 0.375. The predicted octanol–water partition coefficient (Wildman–Crippen LogP) is 1.08. The first-order valence-electron chi connectivity index (χ1n) is 5.05. The molecule has 1 aliphatic rings. The highest BCUT2D eigenvalue weighted by Crippen LogP contribution is 2.23. The highest BCUT2D eigenvalue weighted by Gasteiger charge is 2.24. The lowest BCUT2D eigenvalue weighted by atomic mass is 9.99. The van der Waals surface area contributed by atoms with Crippen molar-refractivity contribution in [3.8, 4) is 0 Å². The number of hydrogen-bond acceptors (Lipinski definition) is 3. The third-order valence-corrected chi connectivity index (χ3v) is 2.82. The normalized spacial score (nSPS) is 26.7. The predicted molar refractivity (Wildman–Crippen MR) is 57.7 cm³/mol. The second-order valence-electron chi connectivity index (χ2n) is 3.77. The lowest BCUT2D eigenvalue weighted by Crippen LogP contribution is -2.39. The Morgan fingerprint density at radius 1 is 1.29 bits per heavy atom. The molecule has 1 aromatic carbocycles. The molecule has 2 unspecified atom stereocenters. The van der Waals surface area contributed by atoms with Gasteiger partial charge in [0.2, 0.25) is 0 Å². The van der Waals surface area contributed by atoms with Crippen LogP contribution in [0.1, 0.15) is 23.6 Å². The molecule has 0 saturated carbocycles. The Kier molecular flexibility index (Phi) is 2.82. The lowest BCUT2D eigenvalue weighted by molar-refractivity contribution is 0.494. The highest BCUT2D eigenvalue weighted by atomic mass is 15.5. The highest BCUT2D eigenvalue weighted by molar-refractivity contribution is 5.29. The van der Waals surface area contributed by atoms with Crippen LogP contribution in [-0.4, -0.2) is 13.2 Å². The number of nitrogens with one attached hydrogen (secondary N) is 3. The van der Waals surface area contributed by atoms with Crippen LogP contribution in [0.3, 0.4) is 0 Å². The zero-order valence-electron chi connectivity index (χ0n) is 8.67. The van der Waals surface area contributed by atoms with E-state index in [0.717, 1.165) is 6.42 Å². The van der Waals surface area contributed by atoms with E-state index in [-0.39, 0.29) is 0 Å². The van der Waals surface area contributed by atoms with Gasteiger partial charge in [-0.2, -0.15) is 0 Å². The molecule has 1 heterocycles. The molecule has 1 fully saturated rings. The summed E-state index contributed by atoms with van der Waals surface area (Å²) in [4.78, 5) is 0. The number of hydrogen-bond donors (Lipinski definition) is 3. The Hall–Kier alpha value is -0.900. The van der Waals surface area contributed by atoms with Gasteiger partial charge in [0.1, 0.15) is 0 Å². The van der Waals surface area contributed by atoms with Gasteiger partial charge in [-0.3, -0.25) is 0 Å². The van der Waals surface area contributed by atoms with Gasteiger partial charge in [0, 0.05) is 6.04 Å². The quantitative estimate of drug-likeness (QED) is 0.654. The summed E-state index contributed by atoms with van der Waals surface area (Å²) in [5, 5.41) is 3.21. The van der Waals surface area contributed by atoms with Crippen LogP contribution in [0.5, 0.6) is 0 Å². The first-order chi connectivity index (χ1) is 6.81. The van der Waals surface area contributed by atoms with E-state index < -0.39 is 0 Å². The van der Waals surface area contributed by atoms with Crippen molar-refractivity contribution in [2.45, 2.75) is 25.6 Å². The number of hydrazine groups is 1. The van der Waals surface area contributed by atoms with Crippen molar-refractivity contribution in [1.82, 2.24) is 16.2 Å². The van der Waals surface area contributed by atoms with Crippen LogP contribution in [0.2, 0.25) is 0 Å². The van der Waals surface area contributed by atoms with Crippen LogP contribution in [0.15, 0.2) is 24.3 Å². The molecule has 0 radical (unpaired) electrons. The molecule has 14 heavy (non-hydrogen) atoms. The summed E-state index contributed by atoms with van der Waals surface area (Å²) < 4.78 is 0. The fraction of sp³-hybridized carbons (Fsp3) is 0.455. The van der Waals surface area contributed by atoms with E-state index in [1.807, 2.05) is 7.05 Å². The number of rotatable bonds is 2. The fourth-order valence-corrected chi connectivity index (χ4v) is 1.93. The number of benzene rings is 1. The average molecular weight is 191 g/mol. The van der Waals surface area contributed by atoms with Crippen LogP contribution >= 0.6 is 0 Å². The largest absolute Gasteiger partial charge is 0.304 e. The van der Waals surface area contributed by atoms with Gasteiger partial charge < -0.3 is 5.32 Å². The summed E-state index contributed by atoms with van der Waals surface area (Å²) in [6.45, 7) is 2.16. The topological polar surface area (TPSA) is 36.1 Å². The zero-order valence-corrected chi connectivity index (χ0v) is 8.67. The SMILES string of the molecule is CNC1CC(c2ccccc2C)NN1. The molecule has 2 rings (SSSR count). The third kappa shape index (κ3) is 1.80. The average Bonchev–Trinajstić information content (AvgIpc) is 2.67. The van der Waals surface area contributed by atoms with Gasteiger partial charge in [-0.05, 0) is 31.5 Å². The Labute approximate surface area is 84.9 Å². The van der Waals surface area contributed by atoms with E-state index in [1.165, 1.54) is 11.1 Å². The lowest BCUT2D eigenvalue weighted by Gasteiger charge is -2.12. The summed E-state index contributed by atoms with van der Waals surface area (Å²) in [5.74, 6) is 0. The van der Waals surface area contributed by atoms with Crippen LogP contribution < -0.4 is 16.2 Å². The molecule has 2 atom stereocenters. The van der Waals surface area contributed by atoms with Crippen molar-refractivity contribution < 1.29 is 0 Å². The van der Waals surface area contributed by atoms with Crippen molar-refractivity contribution in [2.24, 2.45) is 0 Å². The summed E-state index contributed by atoms with van der Waals surface area (Å²) >= 11 is 0. The van der Waals surface area contributed by atoms with E-state index in [2.05, 4.69) is 47.4 Å². The minimum absolute atomic E-state index is 0.375. The first kappa shape index (κ1) is 9.65. The fourth-order valence-electron chi connectivity index (χ4n) is 1.93.